The molecule has 2 heterocycles. The van der Waals surface area contributed by atoms with Gasteiger partial charge in [-0.3, -0.25) is 4.79 Å². The fourth-order valence-electron chi connectivity index (χ4n) is 2.65. The van der Waals surface area contributed by atoms with Crippen LogP contribution in [0.1, 0.15) is 15.9 Å². The lowest BCUT2D eigenvalue weighted by molar-refractivity contribution is 0.100. The Morgan fingerprint density at radius 1 is 1.04 bits per heavy atom. The van der Waals surface area contributed by atoms with Gasteiger partial charge < -0.3 is 18.9 Å². The van der Waals surface area contributed by atoms with Gasteiger partial charge in [-0.1, -0.05) is 12.1 Å². The summed E-state index contributed by atoms with van der Waals surface area (Å²) in [6.07, 6.45) is 1.82. The Labute approximate surface area is 133 Å². The van der Waals surface area contributed by atoms with Crippen molar-refractivity contribution in [1.29, 1.82) is 0 Å². The molecular weight excluding hydrogens is 296 g/mol. The predicted molar refractivity (Wildman–Crippen MR) is 83.4 cm³/mol. The number of ether oxygens (including phenoxy) is 4. The average Bonchev–Trinajstić information content (AvgIpc) is 3.03. The number of benzene rings is 2. The van der Waals surface area contributed by atoms with E-state index in [1.807, 2.05) is 30.3 Å². The number of carbonyl (C=O) groups excluding carboxylic acids is 1. The van der Waals surface area contributed by atoms with Crippen molar-refractivity contribution in [2.24, 2.45) is 0 Å². The van der Waals surface area contributed by atoms with Gasteiger partial charge in [-0.2, -0.15) is 0 Å². The van der Waals surface area contributed by atoms with Crippen molar-refractivity contribution < 1.29 is 23.7 Å². The van der Waals surface area contributed by atoms with Gasteiger partial charge in [0.15, 0.2) is 17.3 Å². The molecule has 0 amide bonds. The molecule has 0 aromatic heterocycles. The third kappa shape index (κ3) is 2.40. The van der Waals surface area contributed by atoms with E-state index in [0.29, 0.717) is 28.4 Å². The van der Waals surface area contributed by atoms with E-state index in [9.17, 15) is 4.79 Å². The first-order valence-electron chi connectivity index (χ1n) is 7.20. The highest BCUT2D eigenvalue weighted by atomic mass is 16.7. The summed E-state index contributed by atoms with van der Waals surface area (Å²) in [5.41, 5.74) is 1.97. The largest absolute Gasteiger partial charge is 0.497 e. The molecule has 0 radical (unpaired) electrons. The highest BCUT2D eigenvalue weighted by Crippen LogP contribution is 2.40. The highest BCUT2D eigenvalue weighted by molar-refractivity contribution is 6.14. The maximum Gasteiger partial charge on any atom is 0.231 e. The van der Waals surface area contributed by atoms with Crippen molar-refractivity contribution in [2.45, 2.75) is 0 Å². The molecule has 5 heteroatoms. The van der Waals surface area contributed by atoms with Crippen LogP contribution in [0.3, 0.4) is 0 Å². The molecule has 0 atom stereocenters. The fraction of sp³-hybridized carbons (Fsp3) is 0.167. The van der Waals surface area contributed by atoms with E-state index in [4.69, 9.17) is 18.9 Å². The second kappa shape index (κ2) is 5.35. The summed E-state index contributed by atoms with van der Waals surface area (Å²) in [6.45, 7) is 0.390. The van der Waals surface area contributed by atoms with E-state index >= 15 is 0 Å². The first-order chi connectivity index (χ1) is 11.2. The summed E-state index contributed by atoms with van der Waals surface area (Å²) in [7, 11) is 1.61. The maximum absolute atomic E-state index is 12.7. The smallest absolute Gasteiger partial charge is 0.231 e. The zero-order valence-corrected chi connectivity index (χ0v) is 12.5. The van der Waals surface area contributed by atoms with Crippen LogP contribution in [-0.2, 0) is 0 Å². The first-order valence-corrected chi connectivity index (χ1v) is 7.20. The Kier molecular flexibility index (Phi) is 3.19. The topological polar surface area (TPSA) is 54.0 Å². The molecule has 116 valence electrons. The Hall–Kier alpha value is -2.95. The third-order valence-corrected chi connectivity index (χ3v) is 3.83. The molecule has 0 spiro atoms. The minimum Gasteiger partial charge on any atom is -0.497 e. The summed E-state index contributed by atoms with van der Waals surface area (Å²) >= 11 is 0. The molecule has 0 unspecified atom stereocenters. The van der Waals surface area contributed by atoms with Crippen LogP contribution in [0.15, 0.2) is 42.0 Å². The zero-order chi connectivity index (χ0) is 15.8. The molecule has 5 nitrogen and oxygen atoms in total. The average molecular weight is 310 g/mol. The SMILES string of the molecule is COc1cccc(C=C2COc3cc4c(cc3C2=O)OCO4)c1. The van der Waals surface area contributed by atoms with Gasteiger partial charge in [-0.25, -0.2) is 0 Å². The molecule has 2 aliphatic rings. The summed E-state index contributed by atoms with van der Waals surface area (Å²) in [4.78, 5) is 12.7. The van der Waals surface area contributed by atoms with Crippen LogP contribution < -0.4 is 18.9 Å². The molecule has 0 saturated carbocycles. The molecule has 2 aromatic rings. The number of hydrogen-bond donors (Lipinski definition) is 0. The van der Waals surface area contributed by atoms with E-state index in [1.54, 1.807) is 19.2 Å². The van der Waals surface area contributed by atoms with Gasteiger partial charge in [0.05, 0.1) is 12.7 Å². The van der Waals surface area contributed by atoms with E-state index in [-0.39, 0.29) is 19.2 Å². The normalized spacial score (nSPS) is 16.9. The van der Waals surface area contributed by atoms with Gasteiger partial charge in [0.2, 0.25) is 6.79 Å². The van der Waals surface area contributed by atoms with Gasteiger partial charge in [-0.15, -0.1) is 0 Å². The number of methoxy groups -OCH3 is 1. The van der Waals surface area contributed by atoms with Crippen LogP contribution in [0, 0.1) is 0 Å². The molecule has 4 rings (SSSR count). The summed E-state index contributed by atoms with van der Waals surface area (Å²) in [5.74, 6) is 2.39. The van der Waals surface area contributed by atoms with Crippen LogP contribution in [0.4, 0.5) is 0 Å². The number of rotatable bonds is 2. The Morgan fingerprint density at radius 3 is 2.70 bits per heavy atom. The van der Waals surface area contributed by atoms with Gasteiger partial charge in [0.1, 0.15) is 18.1 Å². The van der Waals surface area contributed by atoms with Crippen molar-refractivity contribution in [3.8, 4) is 23.0 Å². The molecule has 2 aliphatic heterocycles. The summed E-state index contributed by atoms with van der Waals surface area (Å²) in [5, 5.41) is 0. The second-order valence-electron chi connectivity index (χ2n) is 5.27. The van der Waals surface area contributed by atoms with E-state index in [2.05, 4.69) is 0 Å². The number of hydrogen-bond acceptors (Lipinski definition) is 5. The van der Waals surface area contributed by atoms with Crippen molar-refractivity contribution >= 4 is 11.9 Å². The highest BCUT2D eigenvalue weighted by Gasteiger charge is 2.27. The van der Waals surface area contributed by atoms with Crippen molar-refractivity contribution in [3.63, 3.8) is 0 Å². The Morgan fingerprint density at radius 2 is 1.87 bits per heavy atom. The summed E-state index contributed by atoms with van der Waals surface area (Å²) < 4.78 is 21.5. The number of fused-ring (bicyclic) bond motifs is 2. The maximum atomic E-state index is 12.7. The van der Waals surface area contributed by atoms with E-state index in [0.717, 1.165) is 11.3 Å². The van der Waals surface area contributed by atoms with E-state index < -0.39 is 0 Å². The van der Waals surface area contributed by atoms with Crippen LogP contribution in [-0.4, -0.2) is 26.3 Å². The molecule has 0 saturated heterocycles. The molecule has 23 heavy (non-hydrogen) atoms. The second-order valence-corrected chi connectivity index (χ2v) is 5.27. The van der Waals surface area contributed by atoms with Gasteiger partial charge in [0, 0.05) is 11.6 Å². The minimum atomic E-state index is -0.0626. The lowest BCUT2D eigenvalue weighted by atomic mass is 9.98. The van der Waals surface area contributed by atoms with Crippen LogP contribution in [0.2, 0.25) is 0 Å². The zero-order valence-electron chi connectivity index (χ0n) is 12.5. The Balaban J connectivity index is 1.70. The summed E-state index contributed by atoms with van der Waals surface area (Å²) in [6, 6.07) is 10.9. The fourth-order valence-corrected chi connectivity index (χ4v) is 2.65. The standard InChI is InChI=1S/C18H14O5/c1-20-13-4-2-3-11(6-13)5-12-9-21-15-8-17-16(22-10-23-17)7-14(15)18(12)19/h2-8H,9-10H2,1H3. The molecule has 0 N–H and O–H groups in total. The van der Waals surface area contributed by atoms with Crippen molar-refractivity contribution in [2.75, 3.05) is 20.5 Å². The Bertz CT molecular complexity index is 822. The predicted octanol–water partition coefficient (Wildman–Crippen LogP) is 3.08. The molecule has 0 bridgehead atoms. The quantitative estimate of drug-likeness (QED) is 0.798. The monoisotopic (exact) mass is 310 g/mol. The molecule has 0 fully saturated rings. The molecular formula is C18H14O5. The van der Waals surface area contributed by atoms with Crippen LogP contribution >= 0.6 is 0 Å². The van der Waals surface area contributed by atoms with Gasteiger partial charge in [0.25, 0.3) is 0 Å². The van der Waals surface area contributed by atoms with Crippen LogP contribution in [0.5, 0.6) is 23.0 Å². The number of carbonyl (C=O) groups is 1. The van der Waals surface area contributed by atoms with Gasteiger partial charge in [-0.05, 0) is 29.8 Å². The minimum absolute atomic E-state index is 0.0626. The van der Waals surface area contributed by atoms with Gasteiger partial charge >= 0.3 is 0 Å². The number of ketones is 1. The lowest BCUT2D eigenvalue weighted by Crippen LogP contribution is -2.19. The lowest BCUT2D eigenvalue weighted by Gasteiger charge is -2.19. The molecule has 0 aliphatic carbocycles. The van der Waals surface area contributed by atoms with Crippen molar-refractivity contribution in [3.05, 3.63) is 53.1 Å². The first kappa shape index (κ1) is 13.7. The molecule has 2 aromatic carbocycles. The number of Topliss-reactive ketones (excluding diaryl/α,β-unsaturated/α-hetero) is 1. The van der Waals surface area contributed by atoms with E-state index in [1.165, 1.54) is 0 Å². The third-order valence-electron chi connectivity index (χ3n) is 3.83. The van der Waals surface area contributed by atoms with Crippen molar-refractivity contribution in [1.82, 2.24) is 0 Å². The van der Waals surface area contributed by atoms with Crippen LogP contribution in [0.25, 0.3) is 6.08 Å².